The molecule has 15 heavy (non-hydrogen) atoms. The average molecular weight is 295 g/mol. The molecule has 0 aromatic heterocycles. The maximum Gasteiger partial charge on any atom is 0.120 e. The third-order valence-electron chi connectivity index (χ3n) is 2.11. The fourth-order valence-electron chi connectivity index (χ4n) is 1.46. The van der Waals surface area contributed by atoms with Gasteiger partial charge in [-0.2, -0.15) is 0 Å². The molecule has 0 aliphatic rings. The summed E-state index contributed by atoms with van der Waals surface area (Å²) in [5.41, 5.74) is 6.80. The molecule has 0 aliphatic heterocycles. The van der Waals surface area contributed by atoms with Gasteiger partial charge in [-0.25, -0.2) is 0 Å². The third-order valence-corrected chi connectivity index (χ3v) is 2.61. The minimum atomic E-state index is -0.0903. The molecule has 0 fully saturated rings. The summed E-state index contributed by atoms with van der Waals surface area (Å²) in [6, 6.07) is 5.26. The van der Waals surface area contributed by atoms with E-state index in [4.69, 9.17) is 5.73 Å². The Morgan fingerprint density at radius 1 is 1.40 bits per heavy atom. The molecule has 1 aromatic rings. The number of halogens is 2. The zero-order valence-electron chi connectivity index (χ0n) is 8.90. The van der Waals surface area contributed by atoms with E-state index in [0.717, 1.165) is 16.5 Å². The van der Waals surface area contributed by atoms with E-state index >= 15 is 0 Å². The van der Waals surface area contributed by atoms with Crippen molar-refractivity contribution in [3.63, 3.8) is 0 Å². The molecular weight excluding hydrogens is 277 g/mol. The highest BCUT2D eigenvalue weighted by molar-refractivity contribution is 9.10. The Morgan fingerprint density at radius 3 is 2.53 bits per heavy atom. The van der Waals surface area contributed by atoms with Crippen molar-refractivity contribution in [2.24, 2.45) is 11.7 Å². The van der Waals surface area contributed by atoms with Crippen LogP contribution in [0.2, 0.25) is 0 Å². The van der Waals surface area contributed by atoms with Crippen molar-refractivity contribution in [3.05, 3.63) is 28.2 Å². The van der Waals surface area contributed by atoms with Crippen LogP contribution in [-0.2, 0) is 0 Å². The number of benzene rings is 1. The van der Waals surface area contributed by atoms with E-state index in [0.29, 0.717) is 5.92 Å². The summed E-state index contributed by atoms with van der Waals surface area (Å²) in [6.07, 6.45) is 0.879. The number of aromatic hydroxyl groups is 1. The predicted octanol–water partition coefficient (Wildman–Crippen LogP) is 3.62. The number of phenols is 1. The van der Waals surface area contributed by atoms with Crippen molar-refractivity contribution in [1.29, 1.82) is 0 Å². The van der Waals surface area contributed by atoms with Gasteiger partial charge in [0.1, 0.15) is 5.75 Å². The molecule has 0 aliphatic carbocycles. The summed E-state index contributed by atoms with van der Waals surface area (Å²) in [6.45, 7) is 4.24. The van der Waals surface area contributed by atoms with Gasteiger partial charge >= 0.3 is 0 Å². The monoisotopic (exact) mass is 293 g/mol. The van der Waals surface area contributed by atoms with Gasteiger partial charge in [-0.1, -0.05) is 29.8 Å². The molecule has 1 atom stereocenters. The molecule has 1 aromatic carbocycles. The van der Waals surface area contributed by atoms with Crippen molar-refractivity contribution in [2.45, 2.75) is 26.3 Å². The van der Waals surface area contributed by atoms with Crippen LogP contribution < -0.4 is 5.73 Å². The lowest BCUT2D eigenvalue weighted by Gasteiger charge is -2.15. The summed E-state index contributed by atoms with van der Waals surface area (Å²) >= 11 is 3.36. The number of nitrogens with two attached hydrogens (primary N) is 1. The van der Waals surface area contributed by atoms with Gasteiger partial charge in [0.05, 0.1) is 0 Å². The van der Waals surface area contributed by atoms with E-state index in [-0.39, 0.29) is 24.2 Å². The van der Waals surface area contributed by atoms with Crippen LogP contribution in [0.25, 0.3) is 0 Å². The summed E-state index contributed by atoms with van der Waals surface area (Å²) in [5, 5.41) is 9.62. The lowest BCUT2D eigenvalue weighted by Crippen LogP contribution is -2.13. The average Bonchev–Trinajstić information content (AvgIpc) is 2.08. The van der Waals surface area contributed by atoms with E-state index in [1.807, 2.05) is 6.07 Å². The number of hydrogen-bond donors (Lipinski definition) is 2. The maximum absolute atomic E-state index is 9.62. The Kier molecular flexibility index (Phi) is 6.25. The molecule has 3 N–H and O–H groups in total. The van der Waals surface area contributed by atoms with Crippen molar-refractivity contribution >= 4 is 28.3 Å². The first-order valence-corrected chi connectivity index (χ1v) is 5.54. The van der Waals surface area contributed by atoms with Gasteiger partial charge < -0.3 is 10.8 Å². The highest BCUT2D eigenvalue weighted by Crippen LogP contribution is 2.29. The van der Waals surface area contributed by atoms with Gasteiger partial charge in [0.25, 0.3) is 0 Å². The maximum atomic E-state index is 9.62. The minimum Gasteiger partial charge on any atom is -0.508 e. The van der Waals surface area contributed by atoms with E-state index < -0.39 is 0 Å². The Morgan fingerprint density at radius 2 is 2.00 bits per heavy atom. The van der Waals surface area contributed by atoms with Gasteiger partial charge in [-0.15, -0.1) is 12.4 Å². The SMILES string of the molecule is CC(C)C[C@@H](N)c1cc(Br)ccc1O.Cl. The Balaban J connectivity index is 0.00000196. The first kappa shape index (κ1) is 14.8. The minimum absolute atomic E-state index is 0. The molecule has 0 radical (unpaired) electrons. The predicted molar refractivity (Wildman–Crippen MR) is 69.4 cm³/mol. The summed E-state index contributed by atoms with van der Waals surface area (Å²) in [7, 11) is 0. The van der Waals surface area contributed by atoms with Crippen molar-refractivity contribution in [3.8, 4) is 5.75 Å². The van der Waals surface area contributed by atoms with E-state index in [1.54, 1.807) is 12.1 Å². The van der Waals surface area contributed by atoms with E-state index in [2.05, 4.69) is 29.8 Å². The number of phenolic OH excluding ortho intramolecular Hbond substituents is 1. The molecular formula is C11H17BrClNO. The first-order valence-electron chi connectivity index (χ1n) is 4.74. The van der Waals surface area contributed by atoms with Gasteiger partial charge in [0, 0.05) is 16.1 Å². The molecule has 1 rings (SSSR count). The Labute approximate surface area is 105 Å². The topological polar surface area (TPSA) is 46.2 Å². The van der Waals surface area contributed by atoms with E-state index in [9.17, 15) is 5.11 Å². The Bertz CT molecular complexity index is 317. The van der Waals surface area contributed by atoms with Crippen LogP contribution in [0.3, 0.4) is 0 Å². The molecule has 0 amide bonds. The summed E-state index contributed by atoms with van der Waals surface area (Å²) in [4.78, 5) is 0. The normalized spacial score (nSPS) is 12.3. The van der Waals surface area contributed by atoms with Crippen molar-refractivity contribution < 1.29 is 5.11 Å². The fourth-order valence-corrected chi connectivity index (χ4v) is 1.84. The molecule has 0 saturated carbocycles. The van der Waals surface area contributed by atoms with Crippen LogP contribution in [0.15, 0.2) is 22.7 Å². The smallest absolute Gasteiger partial charge is 0.120 e. The van der Waals surface area contributed by atoms with Crippen molar-refractivity contribution in [1.82, 2.24) is 0 Å². The summed E-state index contributed by atoms with van der Waals surface area (Å²) in [5.74, 6) is 0.810. The molecule has 0 spiro atoms. The second kappa shape index (κ2) is 6.36. The van der Waals surface area contributed by atoms with Gasteiger partial charge in [-0.3, -0.25) is 0 Å². The molecule has 0 bridgehead atoms. The van der Waals surface area contributed by atoms with Crippen LogP contribution in [0, 0.1) is 5.92 Å². The van der Waals surface area contributed by atoms with Gasteiger partial charge in [0.2, 0.25) is 0 Å². The second-order valence-corrected chi connectivity index (χ2v) is 4.85. The van der Waals surface area contributed by atoms with Crippen molar-refractivity contribution in [2.75, 3.05) is 0 Å². The zero-order chi connectivity index (χ0) is 10.7. The van der Waals surface area contributed by atoms with Crippen LogP contribution in [0.4, 0.5) is 0 Å². The quantitative estimate of drug-likeness (QED) is 0.894. The highest BCUT2D eigenvalue weighted by atomic mass is 79.9. The fraction of sp³-hybridized carbons (Fsp3) is 0.455. The lowest BCUT2D eigenvalue weighted by molar-refractivity contribution is 0.445. The zero-order valence-corrected chi connectivity index (χ0v) is 11.3. The first-order chi connectivity index (χ1) is 6.50. The highest BCUT2D eigenvalue weighted by Gasteiger charge is 2.12. The third kappa shape index (κ3) is 4.41. The van der Waals surface area contributed by atoms with Crippen LogP contribution in [0.5, 0.6) is 5.75 Å². The summed E-state index contributed by atoms with van der Waals surface area (Å²) < 4.78 is 0.949. The number of hydrogen-bond acceptors (Lipinski definition) is 2. The molecule has 0 unspecified atom stereocenters. The van der Waals surface area contributed by atoms with E-state index in [1.165, 1.54) is 0 Å². The standard InChI is InChI=1S/C11H16BrNO.ClH/c1-7(2)5-10(13)9-6-8(12)3-4-11(9)14;/h3-4,6-7,10,14H,5,13H2,1-2H3;1H/t10-;/m1./s1. The molecule has 0 saturated heterocycles. The second-order valence-electron chi connectivity index (χ2n) is 3.94. The molecule has 86 valence electrons. The largest absolute Gasteiger partial charge is 0.508 e. The van der Waals surface area contributed by atoms with Crippen LogP contribution in [0.1, 0.15) is 31.9 Å². The Hall–Kier alpha value is -0.250. The van der Waals surface area contributed by atoms with Crippen LogP contribution >= 0.6 is 28.3 Å². The molecule has 4 heteroatoms. The molecule has 0 heterocycles. The van der Waals surface area contributed by atoms with Gasteiger partial charge in [-0.05, 0) is 30.5 Å². The lowest BCUT2D eigenvalue weighted by atomic mass is 9.97. The van der Waals surface area contributed by atoms with Gasteiger partial charge in [0.15, 0.2) is 0 Å². The number of rotatable bonds is 3. The molecule has 2 nitrogen and oxygen atoms in total. The van der Waals surface area contributed by atoms with Crippen LogP contribution in [-0.4, -0.2) is 5.11 Å².